The average molecular weight is 320 g/mol. The standard InChI is InChI=1S/C17H18ClNO3/c1-11-5-7-16(14(9-11)19(20)21)22-15-8-6-12(18)10-13(15)17(2,3)4/h5-10H,1-4H3. The van der Waals surface area contributed by atoms with Crippen LogP contribution < -0.4 is 4.74 Å². The van der Waals surface area contributed by atoms with Crippen molar-refractivity contribution < 1.29 is 9.66 Å². The highest BCUT2D eigenvalue weighted by Crippen LogP contribution is 2.38. The molecule has 0 heterocycles. The van der Waals surface area contributed by atoms with Crippen LogP contribution in [0.1, 0.15) is 31.9 Å². The Balaban J connectivity index is 2.51. The summed E-state index contributed by atoms with van der Waals surface area (Å²) in [5, 5.41) is 11.8. The van der Waals surface area contributed by atoms with Crippen molar-refractivity contribution in [3.05, 3.63) is 62.7 Å². The lowest BCUT2D eigenvalue weighted by atomic mass is 9.86. The maximum atomic E-state index is 11.2. The summed E-state index contributed by atoms with van der Waals surface area (Å²) in [6.07, 6.45) is 0. The van der Waals surface area contributed by atoms with E-state index in [1.807, 2.05) is 26.8 Å². The second-order valence-corrected chi connectivity index (χ2v) is 6.66. The predicted molar refractivity (Wildman–Crippen MR) is 88.1 cm³/mol. The van der Waals surface area contributed by atoms with Crippen LogP contribution in [0.25, 0.3) is 0 Å². The third-order valence-corrected chi connectivity index (χ3v) is 3.52. The number of aryl methyl sites for hydroxylation is 1. The Morgan fingerprint density at radius 1 is 1.09 bits per heavy atom. The van der Waals surface area contributed by atoms with Crippen molar-refractivity contribution in [2.75, 3.05) is 0 Å². The summed E-state index contributed by atoms with van der Waals surface area (Å²) in [4.78, 5) is 10.8. The molecule has 0 amide bonds. The minimum atomic E-state index is -0.436. The summed E-state index contributed by atoms with van der Waals surface area (Å²) in [6, 6.07) is 10.2. The van der Waals surface area contributed by atoms with Gasteiger partial charge in [0.25, 0.3) is 0 Å². The quantitative estimate of drug-likeness (QED) is 0.543. The molecule has 0 aromatic heterocycles. The molecule has 2 rings (SSSR count). The Kier molecular flexibility index (Phi) is 4.42. The van der Waals surface area contributed by atoms with Crippen molar-refractivity contribution in [2.24, 2.45) is 0 Å². The van der Waals surface area contributed by atoms with Crippen LogP contribution in [0.15, 0.2) is 36.4 Å². The Hall–Kier alpha value is -2.07. The van der Waals surface area contributed by atoms with Gasteiger partial charge in [0.1, 0.15) is 5.75 Å². The molecule has 2 aromatic carbocycles. The number of ether oxygens (including phenoxy) is 1. The molecule has 0 aliphatic heterocycles. The van der Waals surface area contributed by atoms with E-state index in [1.165, 1.54) is 6.07 Å². The molecule has 116 valence electrons. The molecule has 0 aliphatic rings. The van der Waals surface area contributed by atoms with Crippen molar-refractivity contribution in [1.82, 2.24) is 0 Å². The predicted octanol–water partition coefficient (Wildman–Crippen LogP) is 5.65. The molecule has 0 radical (unpaired) electrons. The van der Waals surface area contributed by atoms with Gasteiger partial charge in [0, 0.05) is 16.7 Å². The van der Waals surface area contributed by atoms with E-state index in [0.717, 1.165) is 11.1 Å². The minimum Gasteiger partial charge on any atom is -0.450 e. The number of hydrogen-bond acceptors (Lipinski definition) is 3. The van der Waals surface area contributed by atoms with Crippen molar-refractivity contribution >= 4 is 17.3 Å². The fourth-order valence-electron chi connectivity index (χ4n) is 2.15. The lowest BCUT2D eigenvalue weighted by Crippen LogP contribution is -2.12. The number of halogens is 1. The molecule has 0 aliphatic carbocycles. The van der Waals surface area contributed by atoms with E-state index in [9.17, 15) is 10.1 Å². The first kappa shape index (κ1) is 16.3. The topological polar surface area (TPSA) is 52.4 Å². The normalized spacial score (nSPS) is 11.3. The average Bonchev–Trinajstić information content (AvgIpc) is 2.41. The van der Waals surface area contributed by atoms with Crippen LogP contribution in [0.2, 0.25) is 5.02 Å². The molecule has 2 aromatic rings. The van der Waals surface area contributed by atoms with Crippen molar-refractivity contribution in [1.29, 1.82) is 0 Å². The maximum Gasteiger partial charge on any atom is 0.311 e. The van der Waals surface area contributed by atoms with Gasteiger partial charge in [-0.1, -0.05) is 38.4 Å². The molecule has 22 heavy (non-hydrogen) atoms. The van der Waals surface area contributed by atoms with Crippen LogP contribution in [0.5, 0.6) is 11.5 Å². The highest BCUT2D eigenvalue weighted by molar-refractivity contribution is 6.30. The van der Waals surface area contributed by atoms with E-state index in [2.05, 4.69) is 0 Å². The van der Waals surface area contributed by atoms with E-state index < -0.39 is 4.92 Å². The summed E-state index contributed by atoms with van der Waals surface area (Å²) in [5.41, 5.74) is 1.47. The first-order valence-electron chi connectivity index (χ1n) is 6.91. The molecule has 0 saturated heterocycles. The zero-order chi connectivity index (χ0) is 16.5. The molecule has 5 heteroatoms. The largest absolute Gasteiger partial charge is 0.450 e. The zero-order valence-corrected chi connectivity index (χ0v) is 13.8. The van der Waals surface area contributed by atoms with Crippen molar-refractivity contribution in [2.45, 2.75) is 33.1 Å². The smallest absolute Gasteiger partial charge is 0.311 e. The van der Waals surface area contributed by atoms with E-state index in [0.29, 0.717) is 10.8 Å². The van der Waals surface area contributed by atoms with Gasteiger partial charge in [-0.05, 0) is 42.2 Å². The molecule has 0 unspecified atom stereocenters. The highest BCUT2D eigenvalue weighted by Gasteiger charge is 2.22. The fraction of sp³-hybridized carbons (Fsp3) is 0.294. The molecule has 0 bridgehead atoms. The summed E-state index contributed by atoms with van der Waals surface area (Å²) < 4.78 is 5.84. The van der Waals surface area contributed by atoms with Gasteiger partial charge in [0.2, 0.25) is 5.75 Å². The zero-order valence-electron chi connectivity index (χ0n) is 13.0. The Morgan fingerprint density at radius 3 is 2.32 bits per heavy atom. The second kappa shape index (κ2) is 5.97. The molecular weight excluding hydrogens is 302 g/mol. The van der Waals surface area contributed by atoms with Crippen molar-refractivity contribution in [3.8, 4) is 11.5 Å². The van der Waals surface area contributed by atoms with Gasteiger partial charge in [0.05, 0.1) is 4.92 Å². The molecule has 4 nitrogen and oxygen atoms in total. The summed E-state index contributed by atoms with van der Waals surface area (Å²) in [7, 11) is 0. The third kappa shape index (κ3) is 3.57. The minimum absolute atomic E-state index is 0.0465. The molecular formula is C17H18ClNO3. The Labute approximate surface area is 134 Å². The van der Waals surface area contributed by atoms with Gasteiger partial charge in [-0.2, -0.15) is 0 Å². The lowest BCUT2D eigenvalue weighted by molar-refractivity contribution is -0.385. The second-order valence-electron chi connectivity index (χ2n) is 6.22. The van der Waals surface area contributed by atoms with E-state index >= 15 is 0 Å². The van der Waals surface area contributed by atoms with Crippen LogP contribution in [0.3, 0.4) is 0 Å². The SMILES string of the molecule is Cc1ccc(Oc2ccc(Cl)cc2C(C)(C)C)c([N+](=O)[O-])c1. The highest BCUT2D eigenvalue weighted by atomic mass is 35.5. The molecule has 0 fully saturated rings. The Morgan fingerprint density at radius 2 is 1.73 bits per heavy atom. The number of benzene rings is 2. The van der Waals surface area contributed by atoms with Gasteiger partial charge in [-0.3, -0.25) is 10.1 Å². The summed E-state index contributed by atoms with van der Waals surface area (Å²) in [6.45, 7) is 7.92. The number of hydrogen-bond donors (Lipinski definition) is 0. The molecule has 0 atom stereocenters. The lowest BCUT2D eigenvalue weighted by Gasteiger charge is -2.23. The first-order chi connectivity index (χ1) is 10.2. The van der Waals surface area contributed by atoms with E-state index in [-0.39, 0.29) is 16.9 Å². The summed E-state index contributed by atoms with van der Waals surface area (Å²) >= 11 is 6.06. The number of rotatable bonds is 3. The van der Waals surface area contributed by atoms with Crippen molar-refractivity contribution in [3.63, 3.8) is 0 Å². The number of nitro groups is 1. The van der Waals surface area contributed by atoms with Gasteiger partial charge in [-0.15, -0.1) is 0 Å². The third-order valence-electron chi connectivity index (χ3n) is 3.28. The van der Waals surface area contributed by atoms with Gasteiger partial charge in [-0.25, -0.2) is 0 Å². The van der Waals surface area contributed by atoms with Gasteiger partial charge >= 0.3 is 5.69 Å². The monoisotopic (exact) mass is 319 g/mol. The maximum absolute atomic E-state index is 11.2. The first-order valence-corrected chi connectivity index (χ1v) is 7.29. The molecule has 0 spiro atoms. The molecule has 0 N–H and O–H groups in total. The fourth-order valence-corrected chi connectivity index (χ4v) is 2.32. The Bertz CT molecular complexity index is 720. The number of nitrogens with zero attached hydrogens (tertiary/aromatic N) is 1. The van der Waals surface area contributed by atoms with Gasteiger partial charge < -0.3 is 4.74 Å². The van der Waals surface area contributed by atoms with Crippen LogP contribution in [-0.4, -0.2) is 4.92 Å². The van der Waals surface area contributed by atoms with Crippen LogP contribution in [-0.2, 0) is 5.41 Å². The number of nitro benzene ring substituents is 1. The van der Waals surface area contributed by atoms with E-state index in [4.69, 9.17) is 16.3 Å². The van der Waals surface area contributed by atoms with Crippen LogP contribution >= 0.6 is 11.6 Å². The molecule has 0 saturated carbocycles. The summed E-state index contributed by atoms with van der Waals surface area (Å²) in [5.74, 6) is 0.798. The van der Waals surface area contributed by atoms with Crippen LogP contribution in [0, 0.1) is 17.0 Å². The van der Waals surface area contributed by atoms with Crippen LogP contribution in [0.4, 0.5) is 5.69 Å². The van der Waals surface area contributed by atoms with E-state index in [1.54, 1.807) is 31.2 Å². The van der Waals surface area contributed by atoms with Gasteiger partial charge in [0.15, 0.2) is 0 Å².